The van der Waals surface area contributed by atoms with E-state index in [0.717, 1.165) is 69.8 Å². The molecule has 0 unspecified atom stereocenters. The van der Waals surface area contributed by atoms with Gasteiger partial charge < -0.3 is 15.5 Å². The number of hydrogen-bond acceptors (Lipinski definition) is 7. The molecule has 0 bridgehead atoms. The van der Waals surface area contributed by atoms with E-state index in [1.165, 1.54) is 12.8 Å². The molecule has 2 fully saturated rings. The van der Waals surface area contributed by atoms with Crippen LogP contribution in [0.3, 0.4) is 0 Å². The number of carbonyl (C=O) groups is 1. The highest BCUT2D eigenvalue weighted by molar-refractivity contribution is 7.21. The predicted octanol–water partition coefficient (Wildman–Crippen LogP) is 4.34. The monoisotopic (exact) mass is 451 g/mol. The maximum absolute atomic E-state index is 11.8. The van der Waals surface area contributed by atoms with Gasteiger partial charge in [0.05, 0.1) is 16.1 Å². The highest BCUT2D eigenvalue weighted by atomic mass is 32.1. The van der Waals surface area contributed by atoms with E-state index in [4.69, 9.17) is 4.98 Å². The Morgan fingerprint density at radius 3 is 2.69 bits per heavy atom. The van der Waals surface area contributed by atoms with Gasteiger partial charge in [0.25, 0.3) is 0 Å². The molecule has 1 atom stereocenters. The van der Waals surface area contributed by atoms with Crippen molar-refractivity contribution in [2.75, 3.05) is 43.4 Å². The number of hydrogen-bond donors (Lipinski definition) is 2. The normalized spacial score (nSPS) is 19.2. The number of nitrogens with zero attached hydrogens (tertiary/aromatic N) is 3. The van der Waals surface area contributed by atoms with Gasteiger partial charge in [-0.2, -0.15) is 0 Å². The smallest absolute Gasteiger partial charge is 0.162 e. The largest absolute Gasteiger partial charge is 0.382 e. The van der Waals surface area contributed by atoms with Crippen LogP contribution in [0.15, 0.2) is 24.3 Å². The van der Waals surface area contributed by atoms with Gasteiger partial charge >= 0.3 is 0 Å². The lowest BCUT2D eigenvalue weighted by atomic mass is 10.1. The SMILES string of the molecule is CN[C@H](C)CNc1c(C=O)sc2ccc3nc(N4CCN(C(C)C)C5(CC5)C4)ccc3c12. The molecule has 1 aliphatic heterocycles. The van der Waals surface area contributed by atoms with Gasteiger partial charge in [-0.05, 0) is 64.9 Å². The number of carbonyl (C=O) groups excluding carboxylic acids is 1. The van der Waals surface area contributed by atoms with Crippen LogP contribution in [0.1, 0.15) is 43.3 Å². The van der Waals surface area contributed by atoms with Crippen molar-refractivity contribution >= 4 is 50.1 Å². The summed E-state index contributed by atoms with van der Waals surface area (Å²) in [4.78, 5) is 22.8. The molecule has 32 heavy (non-hydrogen) atoms. The van der Waals surface area contributed by atoms with Crippen LogP contribution in [-0.2, 0) is 0 Å². The number of benzene rings is 1. The minimum atomic E-state index is 0.309. The number of fused-ring (bicyclic) bond motifs is 3. The number of nitrogens with one attached hydrogen (secondary N) is 2. The molecule has 2 aromatic heterocycles. The predicted molar refractivity (Wildman–Crippen MR) is 136 cm³/mol. The van der Waals surface area contributed by atoms with Crippen LogP contribution < -0.4 is 15.5 Å². The van der Waals surface area contributed by atoms with Gasteiger partial charge in [0, 0.05) is 59.3 Å². The molecule has 170 valence electrons. The third-order valence-electron chi connectivity index (χ3n) is 7.20. The second-order valence-corrected chi connectivity index (χ2v) is 10.7. The number of rotatable bonds is 7. The zero-order chi connectivity index (χ0) is 22.5. The van der Waals surface area contributed by atoms with Crippen molar-refractivity contribution in [3.05, 3.63) is 29.1 Å². The molecule has 0 amide bonds. The van der Waals surface area contributed by atoms with Crippen molar-refractivity contribution in [2.45, 2.75) is 51.2 Å². The van der Waals surface area contributed by atoms with Crippen LogP contribution in [0.5, 0.6) is 0 Å². The van der Waals surface area contributed by atoms with E-state index in [1.807, 2.05) is 7.05 Å². The number of aldehydes is 1. The topological polar surface area (TPSA) is 60.5 Å². The van der Waals surface area contributed by atoms with Crippen molar-refractivity contribution in [3.63, 3.8) is 0 Å². The van der Waals surface area contributed by atoms with Gasteiger partial charge in [-0.1, -0.05) is 0 Å². The number of anilines is 2. The zero-order valence-electron chi connectivity index (χ0n) is 19.4. The summed E-state index contributed by atoms with van der Waals surface area (Å²) in [6.45, 7) is 10.7. The first-order chi connectivity index (χ1) is 15.5. The summed E-state index contributed by atoms with van der Waals surface area (Å²) in [5.74, 6) is 1.07. The lowest BCUT2D eigenvalue weighted by Crippen LogP contribution is -2.57. The number of piperazine rings is 1. The zero-order valence-corrected chi connectivity index (χ0v) is 20.3. The van der Waals surface area contributed by atoms with E-state index in [-0.39, 0.29) is 0 Å². The Morgan fingerprint density at radius 1 is 1.19 bits per heavy atom. The molecule has 1 spiro atoms. The summed E-state index contributed by atoms with van der Waals surface area (Å²) in [5.41, 5.74) is 2.27. The number of thiophene rings is 1. The Bertz CT molecular complexity index is 1150. The fraction of sp³-hybridized carbons (Fsp3) is 0.520. The molecule has 2 N–H and O–H groups in total. The van der Waals surface area contributed by atoms with E-state index >= 15 is 0 Å². The van der Waals surface area contributed by atoms with Crippen LogP contribution >= 0.6 is 11.3 Å². The Kier molecular flexibility index (Phi) is 5.60. The second-order valence-electron chi connectivity index (χ2n) is 9.64. The van der Waals surface area contributed by atoms with E-state index in [0.29, 0.717) is 17.6 Å². The van der Waals surface area contributed by atoms with Crippen LogP contribution in [0.2, 0.25) is 0 Å². The average molecular weight is 452 g/mol. The summed E-state index contributed by atoms with van der Waals surface area (Å²) >= 11 is 1.55. The molecular formula is C25H33N5OS. The Balaban J connectivity index is 1.50. The van der Waals surface area contributed by atoms with Gasteiger partial charge in [-0.3, -0.25) is 9.69 Å². The molecule has 2 aliphatic rings. The average Bonchev–Trinajstić information content (AvgIpc) is 3.45. The van der Waals surface area contributed by atoms with E-state index in [9.17, 15) is 4.79 Å². The molecule has 6 nitrogen and oxygen atoms in total. The maximum atomic E-state index is 11.8. The molecule has 1 aliphatic carbocycles. The first-order valence-corrected chi connectivity index (χ1v) is 12.5. The molecule has 5 rings (SSSR count). The van der Waals surface area contributed by atoms with Crippen molar-refractivity contribution in [2.24, 2.45) is 0 Å². The fourth-order valence-electron chi connectivity index (χ4n) is 5.18. The molecule has 1 aromatic carbocycles. The molecule has 1 saturated heterocycles. The van der Waals surface area contributed by atoms with E-state index in [1.54, 1.807) is 11.3 Å². The van der Waals surface area contributed by atoms with Crippen molar-refractivity contribution in [1.82, 2.24) is 15.2 Å². The third-order valence-corrected chi connectivity index (χ3v) is 8.28. The van der Waals surface area contributed by atoms with Crippen molar-refractivity contribution in [1.29, 1.82) is 0 Å². The Morgan fingerprint density at radius 2 is 2.00 bits per heavy atom. The van der Waals surface area contributed by atoms with Crippen LogP contribution in [0.4, 0.5) is 11.5 Å². The summed E-state index contributed by atoms with van der Waals surface area (Å²) in [6.07, 6.45) is 3.55. The van der Waals surface area contributed by atoms with Gasteiger partial charge in [0.1, 0.15) is 5.82 Å². The Labute approximate surface area is 194 Å². The molecule has 1 saturated carbocycles. The quantitative estimate of drug-likeness (QED) is 0.521. The molecule has 7 heteroatoms. The lowest BCUT2D eigenvalue weighted by Gasteiger charge is -2.44. The van der Waals surface area contributed by atoms with Crippen molar-refractivity contribution < 1.29 is 4.79 Å². The van der Waals surface area contributed by atoms with Crippen LogP contribution in [0.25, 0.3) is 21.0 Å². The third kappa shape index (κ3) is 3.66. The minimum Gasteiger partial charge on any atom is -0.382 e. The molecular weight excluding hydrogens is 418 g/mol. The fourth-order valence-corrected chi connectivity index (χ4v) is 6.19. The van der Waals surface area contributed by atoms with E-state index < -0.39 is 0 Å². The van der Waals surface area contributed by atoms with Gasteiger partial charge in [0.2, 0.25) is 0 Å². The summed E-state index contributed by atoms with van der Waals surface area (Å²) in [5, 5.41) is 8.98. The first kappa shape index (κ1) is 21.6. The molecule has 3 heterocycles. The molecule has 0 radical (unpaired) electrons. The van der Waals surface area contributed by atoms with E-state index in [2.05, 4.69) is 65.5 Å². The summed E-state index contributed by atoms with van der Waals surface area (Å²) < 4.78 is 1.12. The molecule has 3 aromatic rings. The second kappa shape index (κ2) is 8.28. The number of aromatic nitrogens is 1. The van der Waals surface area contributed by atoms with Crippen molar-refractivity contribution in [3.8, 4) is 0 Å². The first-order valence-electron chi connectivity index (χ1n) is 11.7. The number of likely N-dealkylation sites (N-methyl/N-ethyl adjacent to an activating group) is 1. The van der Waals surface area contributed by atoms with Crippen LogP contribution in [0, 0.1) is 0 Å². The highest BCUT2D eigenvalue weighted by Crippen LogP contribution is 2.46. The summed E-state index contributed by atoms with van der Waals surface area (Å²) in [6, 6.07) is 9.48. The standard InChI is InChI=1S/C25H33N5OS/c1-16(2)30-12-11-29(15-25(30)9-10-25)22-8-5-18-19(28-22)6-7-20-23(18)24(21(14-31)32-20)27-13-17(3)26-4/h5-8,14,16-17,26-27H,9-13,15H2,1-4H3/t17-/m1/s1. The van der Waals surface area contributed by atoms with Gasteiger partial charge in [-0.25, -0.2) is 4.98 Å². The highest BCUT2D eigenvalue weighted by Gasteiger charge is 2.52. The lowest BCUT2D eigenvalue weighted by molar-refractivity contribution is 0.112. The van der Waals surface area contributed by atoms with Crippen LogP contribution in [-0.4, -0.2) is 67.0 Å². The summed E-state index contributed by atoms with van der Waals surface area (Å²) in [7, 11) is 1.95. The Hall–Kier alpha value is -2.22. The minimum absolute atomic E-state index is 0.309. The van der Waals surface area contributed by atoms with Gasteiger partial charge in [-0.15, -0.1) is 11.3 Å². The maximum Gasteiger partial charge on any atom is 0.162 e. The van der Waals surface area contributed by atoms with Gasteiger partial charge in [0.15, 0.2) is 6.29 Å². The number of pyridine rings is 1.